The number of benzene rings is 3. The molecule has 0 spiro atoms. The van der Waals surface area contributed by atoms with E-state index in [0.717, 1.165) is 23.3 Å². The van der Waals surface area contributed by atoms with E-state index in [1.165, 1.54) is 0 Å². The van der Waals surface area contributed by atoms with Crippen molar-refractivity contribution in [3.05, 3.63) is 95.7 Å². The van der Waals surface area contributed by atoms with E-state index < -0.39 is 5.97 Å². The number of rotatable bonds is 9. The first-order valence-electron chi connectivity index (χ1n) is 10.8. The third-order valence-electron chi connectivity index (χ3n) is 5.34. The number of aromatic nitrogens is 1. The number of fused-ring (bicyclic) bond motifs is 1. The van der Waals surface area contributed by atoms with Gasteiger partial charge >= 0.3 is 5.97 Å². The van der Waals surface area contributed by atoms with Crippen molar-refractivity contribution < 1.29 is 24.2 Å². The van der Waals surface area contributed by atoms with Crippen molar-refractivity contribution >= 4 is 22.8 Å². The van der Waals surface area contributed by atoms with Crippen LogP contribution in [0.2, 0.25) is 0 Å². The average molecular weight is 443 g/mol. The van der Waals surface area contributed by atoms with Gasteiger partial charge in [-0.1, -0.05) is 30.3 Å². The zero-order valence-corrected chi connectivity index (χ0v) is 18.4. The minimum Gasteiger partial charge on any atom is -0.493 e. The highest BCUT2D eigenvalue weighted by Crippen LogP contribution is 2.25. The van der Waals surface area contributed by atoms with Gasteiger partial charge in [-0.05, 0) is 61.0 Å². The van der Waals surface area contributed by atoms with Gasteiger partial charge in [-0.25, -0.2) is 0 Å². The summed E-state index contributed by atoms with van der Waals surface area (Å²) in [5.41, 5.74) is 2.68. The van der Waals surface area contributed by atoms with E-state index in [-0.39, 0.29) is 12.3 Å². The number of aliphatic carboxylic acids is 1. The van der Waals surface area contributed by atoms with Crippen LogP contribution in [-0.4, -0.2) is 34.8 Å². The zero-order valence-electron chi connectivity index (χ0n) is 18.4. The van der Waals surface area contributed by atoms with Gasteiger partial charge in [0.2, 0.25) is 0 Å². The molecular formula is C27H25NO5. The van der Waals surface area contributed by atoms with Crippen molar-refractivity contribution in [3.8, 4) is 11.5 Å². The van der Waals surface area contributed by atoms with Gasteiger partial charge in [0.1, 0.15) is 11.5 Å². The van der Waals surface area contributed by atoms with E-state index >= 15 is 0 Å². The van der Waals surface area contributed by atoms with Crippen LogP contribution >= 0.6 is 0 Å². The first kappa shape index (κ1) is 22.1. The number of nitrogens with zero attached hydrogens (tertiary/aromatic N) is 1. The van der Waals surface area contributed by atoms with E-state index in [4.69, 9.17) is 14.6 Å². The number of carbonyl (C=O) groups is 2. The number of ether oxygens (including phenoxy) is 2. The molecule has 0 saturated carbocycles. The largest absolute Gasteiger partial charge is 0.493 e. The second kappa shape index (κ2) is 10.0. The molecule has 3 aromatic carbocycles. The fourth-order valence-electron chi connectivity index (χ4n) is 3.79. The predicted molar refractivity (Wildman–Crippen MR) is 126 cm³/mol. The summed E-state index contributed by atoms with van der Waals surface area (Å²) in [5, 5.41) is 9.95. The van der Waals surface area contributed by atoms with Crippen molar-refractivity contribution in [1.29, 1.82) is 0 Å². The van der Waals surface area contributed by atoms with Crippen molar-refractivity contribution in [2.75, 3.05) is 13.2 Å². The molecule has 168 valence electrons. The summed E-state index contributed by atoms with van der Waals surface area (Å²) < 4.78 is 13.0. The van der Waals surface area contributed by atoms with Crippen LogP contribution in [-0.2, 0) is 11.2 Å². The first-order valence-corrected chi connectivity index (χ1v) is 10.8. The van der Waals surface area contributed by atoms with Gasteiger partial charge in [0.05, 0.1) is 25.2 Å². The predicted octanol–water partition coefficient (Wildman–Crippen LogP) is 5.11. The van der Waals surface area contributed by atoms with Crippen molar-refractivity contribution in [1.82, 2.24) is 4.57 Å². The third-order valence-corrected chi connectivity index (χ3v) is 5.34. The maximum Gasteiger partial charge on any atom is 0.307 e. The molecule has 0 radical (unpaired) electrons. The van der Waals surface area contributed by atoms with Gasteiger partial charge < -0.3 is 14.6 Å². The number of carboxylic acid groups (broad SMARTS) is 1. The molecule has 0 bridgehead atoms. The van der Waals surface area contributed by atoms with Crippen molar-refractivity contribution in [2.24, 2.45) is 0 Å². The zero-order chi connectivity index (χ0) is 23.2. The Morgan fingerprint density at radius 3 is 2.18 bits per heavy atom. The normalized spacial score (nSPS) is 10.8. The second-order valence-electron chi connectivity index (χ2n) is 7.73. The Labute approximate surface area is 192 Å². The van der Waals surface area contributed by atoms with Gasteiger partial charge in [-0.3, -0.25) is 14.2 Å². The fourth-order valence-corrected chi connectivity index (χ4v) is 3.79. The molecule has 0 atom stereocenters. The standard InChI is InChI=1S/C27H25NO5/c1-19-17-24-21(18-26(29)30)7-5-10-25(24)28(19)27(31)20-11-13-23(14-12-20)33-16-6-15-32-22-8-3-2-4-9-22/h2-5,7-14,17H,6,15-16,18H2,1H3,(H,29,30). The molecule has 1 N–H and O–H groups in total. The summed E-state index contributed by atoms with van der Waals surface area (Å²) in [4.78, 5) is 24.4. The van der Waals surface area contributed by atoms with Crippen LogP contribution in [0.15, 0.2) is 78.9 Å². The van der Waals surface area contributed by atoms with E-state index in [1.54, 1.807) is 41.0 Å². The lowest BCUT2D eigenvalue weighted by atomic mass is 10.1. The van der Waals surface area contributed by atoms with Crippen LogP contribution in [0.4, 0.5) is 0 Å². The van der Waals surface area contributed by atoms with Crippen LogP contribution in [0.1, 0.15) is 28.0 Å². The van der Waals surface area contributed by atoms with E-state index in [0.29, 0.717) is 35.6 Å². The monoisotopic (exact) mass is 443 g/mol. The Kier molecular flexibility index (Phi) is 6.74. The van der Waals surface area contributed by atoms with Crippen LogP contribution in [0.3, 0.4) is 0 Å². The third kappa shape index (κ3) is 5.23. The number of hydrogen-bond acceptors (Lipinski definition) is 4. The van der Waals surface area contributed by atoms with Crippen molar-refractivity contribution in [3.63, 3.8) is 0 Å². The molecule has 0 amide bonds. The SMILES string of the molecule is Cc1cc2c(CC(=O)O)cccc2n1C(=O)c1ccc(OCCCOc2ccccc2)cc1. The second-order valence-corrected chi connectivity index (χ2v) is 7.73. The molecule has 0 aliphatic heterocycles. The van der Waals surface area contributed by atoms with Gasteiger partial charge in [-0.15, -0.1) is 0 Å². The number of carboxylic acids is 1. The molecule has 0 aliphatic rings. The van der Waals surface area contributed by atoms with Crippen LogP contribution < -0.4 is 9.47 Å². The molecular weight excluding hydrogens is 418 g/mol. The maximum atomic E-state index is 13.2. The molecule has 0 fully saturated rings. The number of para-hydroxylation sites is 1. The van der Waals surface area contributed by atoms with Crippen LogP contribution in [0.5, 0.6) is 11.5 Å². The highest BCUT2D eigenvalue weighted by molar-refractivity contribution is 6.04. The van der Waals surface area contributed by atoms with E-state index in [1.807, 2.05) is 49.4 Å². The molecule has 6 nitrogen and oxygen atoms in total. The lowest BCUT2D eigenvalue weighted by Gasteiger charge is -2.10. The Morgan fingerprint density at radius 1 is 0.848 bits per heavy atom. The minimum absolute atomic E-state index is 0.0859. The Bertz CT molecular complexity index is 1260. The Morgan fingerprint density at radius 2 is 1.52 bits per heavy atom. The van der Waals surface area contributed by atoms with Gasteiger partial charge in [0.15, 0.2) is 0 Å². The molecule has 1 heterocycles. The lowest BCUT2D eigenvalue weighted by molar-refractivity contribution is -0.136. The van der Waals surface area contributed by atoms with E-state index in [9.17, 15) is 9.59 Å². The molecule has 33 heavy (non-hydrogen) atoms. The highest BCUT2D eigenvalue weighted by atomic mass is 16.5. The quantitative estimate of drug-likeness (QED) is 0.364. The maximum absolute atomic E-state index is 13.2. The summed E-state index contributed by atoms with van der Waals surface area (Å²) >= 11 is 0. The van der Waals surface area contributed by atoms with Crippen LogP contribution in [0.25, 0.3) is 10.9 Å². The van der Waals surface area contributed by atoms with E-state index in [2.05, 4.69) is 0 Å². The number of carbonyl (C=O) groups excluding carboxylic acids is 1. The summed E-state index contributed by atoms with van der Waals surface area (Å²) in [5.74, 6) is 0.451. The molecule has 1 aromatic heterocycles. The smallest absolute Gasteiger partial charge is 0.307 e. The summed E-state index contributed by atoms with van der Waals surface area (Å²) in [6, 6.07) is 23.9. The lowest BCUT2D eigenvalue weighted by Crippen LogP contribution is -2.13. The van der Waals surface area contributed by atoms with Gasteiger partial charge in [0.25, 0.3) is 5.91 Å². The minimum atomic E-state index is -0.901. The molecule has 0 aliphatic carbocycles. The highest BCUT2D eigenvalue weighted by Gasteiger charge is 2.17. The summed E-state index contributed by atoms with van der Waals surface area (Å²) in [7, 11) is 0. The Balaban J connectivity index is 1.39. The molecule has 0 saturated heterocycles. The van der Waals surface area contributed by atoms with Crippen molar-refractivity contribution in [2.45, 2.75) is 19.8 Å². The average Bonchev–Trinajstić information content (AvgIpc) is 3.16. The summed E-state index contributed by atoms with van der Waals surface area (Å²) in [6.07, 6.45) is 0.653. The number of hydrogen-bond donors (Lipinski definition) is 1. The Hall–Kier alpha value is -4.06. The fraction of sp³-hybridized carbons (Fsp3) is 0.185. The molecule has 4 rings (SSSR count). The topological polar surface area (TPSA) is 77.8 Å². The van der Waals surface area contributed by atoms with Gasteiger partial charge in [0, 0.05) is 23.1 Å². The summed E-state index contributed by atoms with van der Waals surface area (Å²) in [6.45, 7) is 2.91. The first-order chi connectivity index (χ1) is 16.0. The molecule has 4 aromatic rings. The molecule has 6 heteroatoms. The number of aryl methyl sites for hydroxylation is 1. The van der Waals surface area contributed by atoms with Gasteiger partial charge in [-0.2, -0.15) is 0 Å². The van der Waals surface area contributed by atoms with Crippen LogP contribution in [0, 0.1) is 6.92 Å². The molecule has 0 unspecified atom stereocenters.